The molecule has 1 N–H and O–H groups in total. The number of aromatic nitrogens is 2. The Bertz CT molecular complexity index is 612. The van der Waals surface area contributed by atoms with Gasteiger partial charge in [0.05, 0.1) is 5.41 Å². The van der Waals surface area contributed by atoms with Gasteiger partial charge in [-0.15, -0.1) is 12.4 Å². The fourth-order valence-electron chi connectivity index (χ4n) is 2.44. The molecule has 1 aliphatic carbocycles. The first-order valence-corrected chi connectivity index (χ1v) is 6.90. The second kappa shape index (κ2) is 6.12. The molecule has 0 bridgehead atoms. The van der Waals surface area contributed by atoms with Gasteiger partial charge in [-0.25, -0.2) is 4.39 Å². The predicted octanol–water partition coefficient (Wildman–Crippen LogP) is 2.86. The molecule has 0 amide bonds. The van der Waals surface area contributed by atoms with E-state index in [1.54, 1.807) is 12.1 Å². The zero-order chi connectivity index (χ0) is 14.2. The first-order chi connectivity index (χ1) is 9.64. The fraction of sp³-hybridized carbons (Fsp3) is 0.467. The van der Waals surface area contributed by atoms with Gasteiger partial charge in [0.25, 0.3) is 0 Å². The van der Waals surface area contributed by atoms with Crippen LogP contribution in [-0.4, -0.2) is 23.2 Å². The Labute approximate surface area is 129 Å². The highest BCUT2D eigenvalue weighted by molar-refractivity contribution is 5.85. The van der Waals surface area contributed by atoms with Crippen LogP contribution in [0, 0.1) is 5.82 Å². The Morgan fingerprint density at radius 1 is 1.43 bits per heavy atom. The van der Waals surface area contributed by atoms with Crippen LogP contribution in [0.4, 0.5) is 4.39 Å². The Morgan fingerprint density at radius 3 is 2.81 bits per heavy atom. The van der Waals surface area contributed by atoms with Crippen molar-refractivity contribution in [1.29, 1.82) is 0 Å². The molecule has 1 aliphatic rings. The summed E-state index contributed by atoms with van der Waals surface area (Å²) in [6, 6.07) is 6.96. The summed E-state index contributed by atoms with van der Waals surface area (Å²) < 4.78 is 18.8. The van der Waals surface area contributed by atoms with Gasteiger partial charge in [0.1, 0.15) is 5.82 Å². The van der Waals surface area contributed by atoms with Gasteiger partial charge in [0, 0.05) is 12.5 Å². The lowest BCUT2D eigenvalue weighted by molar-refractivity contribution is 0.354. The number of hydrogen-bond donors (Lipinski definition) is 1. The molecule has 4 nitrogen and oxygen atoms in total. The number of nitrogens with zero attached hydrogens (tertiary/aromatic N) is 2. The number of benzene rings is 1. The molecule has 6 heteroatoms. The molecule has 1 atom stereocenters. The van der Waals surface area contributed by atoms with Gasteiger partial charge in [-0.2, -0.15) is 4.98 Å². The second-order valence-corrected chi connectivity index (χ2v) is 5.50. The van der Waals surface area contributed by atoms with Crippen molar-refractivity contribution in [2.24, 2.45) is 0 Å². The van der Waals surface area contributed by atoms with Gasteiger partial charge in [-0.1, -0.05) is 17.3 Å². The molecule has 0 saturated heterocycles. The highest BCUT2D eigenvalue weighted by Crippen LogP contribution is 2.52. The van der Waals surface area contributed by atoms with Crippen LogP contribution in [-0.2, 0) is 11.8 Å². The Kier molecular flexibility index (Phi) is 4.64. The normalized spacial score (nSPS) is 17.1. The zero-order valence-corrected chi connectivity index (χ0v) is 12.9. The first kappa shape index (κ1) is 15.9. The second-order valence-electron chi connectivity index (χ2n) is 5.50. The van der Waals surface area contributed by atoms with Crippen LogP contribution in [0.2, 0.25) is 0 Å². The lowest BCUT2D eigenvalue weighted by atomic mass is 9.96. The van der Waals surface area contributed by atoms with Crippen LogP contribution in [0.1, 0.15) is 37.0 Å². The minimum atomic E-state index is -0.268. The van der Waals surface area contributed by atoms with Crippen LogP contribution >= 0.6 is 12.4 Å². The number of nitrogens with one attached hydrogen (secondary N) is 1. The van der Waals surface area contributed by atoms with E-state index in [4.69, 9.17) is 4.52 Å². The lowest BCUT2D eigenvalue weighted by Gasteiger charge is -2.10. The molecule has 1 fully saturated rings. The minimum Gasteiger partial charge on any atom is -0.338 e. The van der Waals surface area contributed by atoms with Crippen molar-refractivity contribution in [2.75, 3.05) is 7.05 Å². The summed E-state index contributed by atoms with van der Waals surface area (Å²) in [7, 11) is 1.90. The lowest BCUT2D eigenvalue weighted by Crippen LogP contribution is -2.24. The number of rotatable bonds is 5. The minimum absolute atomic E-state index is 0. The van der Waals surface area contributed by atoms with Crippen molar-refractivity contribution in [3.63, 3.8) is 0 Å². The van der Waals surface area contributed by atoms with E-state index in [-0.39, 0.29) is 23.6 Å². The molecule has 1 aromatic heterocycles. The first-order valence-electron chi connectivity index (χ1n) is 6.90. The Hall–Kier alpha value is -1.46. The number of likely N-dealkylation sites (N-methyl/N-ethyl adjacent to an activating group) is 1. The molecular weight excluding hydrogens is 293 g/mol. The van der Waals surface area contributed by atoms with Crippen molar-refractivity contribution >= 4 is 12.4 Å². The molecule has 0 spiro atoms. The van der Waals surface area contributed by atoms with Gasteiger partial charge in [-0.3, -0.25) is 0 Å². The standard InChI is InChI=1S/C15H18FN3O.ClH/c1-10(17-2)8-13-18-14(20-19-13)15(6-7-15)11-4-3-5-12(16)9-11;/h3-5,9-10,17H,6-8H2,1-2H3;1H. The van der Waals surface area contributed by atoms with Crippen LogP contribution in [0.25, 0.3) is 0 Å². The molecule has 0 aliphatic heterocycles. The summed E-state index contributed by atoms with van der Waals surface area (Å²) in [5.41, 5.74) is 0.658. The van der Waals surface area contributed by atoms with Crippen LogP contribution in [0.3, 0.4) is 0 Å². The van der Waals surface area contributed by atoms with Crippen LogP contribution in [0.15, 0.2) is 28.8 Å². The Balaban J connectivity index is 0.00000161. The molecule has 1 heterocycles. The van der Waals surface area contributed by atoms with E-state index in [0.717, 1.165) is 24.8 Å². The molecule has 0 radical (unpaired) electrons. The molecule has 3 rings (SSSR count). The predicted molar refractivity (Wildman–Crippen MR) is 80.2 cm³/mol. The largest absolute Gasteiger partial charge is 0.338 e. The fourth-order valence-corrected chi connectivity index (χ4v) is 2.44. The molecule has 1 saturated carbocycles. The van der Waals surface area contributed by atoms with E-state index >= 15 is 0 Å². The quantitative estimate of drug-likeness (QED) is 0.922. The molecule has 2 aromatic rings. The number of hydrogen-bond acceptors (Lipinski definition) is 4. The zero-order valence-electron chi connectivity index (χ0n) is 12.1. The molecule has 1 unspecified atom stereocenters. The highest BCUT2D eigenvalue weighted by atomic mass is 35.5. The maximum Gasteiger partial charge on any atom is 0.237 e. The Morgan fingerprint density at radius 2 is 2.19 bits per heavy atom. The van der Waals surface area contributed by atoms with E-state index in [9.17, 15) is 4.39 Å². The summed E-state index contributed by atoms with van der Waals surface area (Å²) in [4.78, 5) is 4.50. The van der Waals surface area contributed by atoms with Gasteiger partial charge >= 0.3 is 0 Å². The van der Waals surface area contributed by atoms with Crippen molar-refractivity contribution in [3.05, 3.63) is 47.4 Å². The van der Waals surface area contributed by atoms with Gasteiger partial charge in [0.2, 0.25) is 5.89 Å². The monoisotopic (exact) mass is 311 g/mol. The van der Waals surface area contributed by atoms with E-state index in [0.29, 0.717) is 17.8 Å². The summed E-state index contributed by atoms with van der Waals surface area (Å²) in [6.07, 6.45) is 2.58. The van der Waals surface area contributed by atoms with Crippen LogP contribution in [0.5, 0.6) is 0 Å². The summed E-state index contributed by atoms with van der Waals surface area (Å²) in [6.45, 7) is 2.06. The maximum atomic E-state index is 13.4. The summed E-state index contributed by atoms with van der Waals surface area (Å²) >= 11 is 0. The average molecular weight is 312 g/mol. The number of halogens is 2. The third-order valence-corrected chi connectivity index (χ3v) is 3.99. The van der Waals surface area contributed by atoms with Gasteiger partial charge in [0.15, 0.2) is 5.82 Å². The van der Waals surface area contributed by atoms with E-state index < -0.39 is 0 Å². The smallest absolute Gasteiger partial charge is 0.237 e. The van der Waals surface area contributed by atoms with Crippen molar-refractivity contribution in [3.8, 4) is 0 Å². The SMILES string of the molecule is CNC(C)Cc1noc(C2(c3cccc(F)c3)CC2)n1.Cl. The average Bonchev–Trinajstić information content (AvgIpc) is 3.13. The summed E-state index contributed by atoms with van der Waals surface area (Å²) in [5, 5.41) is 7.18. The van der Waals surface area contributed by atoms with Crippen molar-refractivity contribution < 1.29 is 8.91 Å². The molecule has 21 heavy (non-hydrogen) atoms. The van der Waals surface area contributed by atoms with E-state index in [1.165, 1.54) is 6.07 Å². The van der Waals surface area contributed by atoms with E-state index in [2.05, 4.69) is 22.4 Å². The topological polar surface area (TPSA) is 51.0 Å². The van der Waals surface area contributed by atoms with E-state index in [1.807, 2.05) is 13.1 Å². The van der Waals surface area contributed by atoms with Gasteiger partial charge in [-0.05, 0) is 44.5 Å². The summed E-state index contributed by atoms with van der Waals surface area (Å²) in [5.74, 6) is 1.09. The maximum absolute atomic E-state index is 13.4. The molecule has 1 aromatic carbocycles. The third kappa shape index (κ3) is 3.09. The highest BCUT2D eigenvalue weighted by Gasteiger charge is 2.51. The molecule has 114 valence electrons. The third-order valence-electron chi connectivity index (χ3n) is 3.99. The molecular formula is C15H19ClFN3O. The van der Waals surface area contributed by atoms with Crippen molar-refractivity contribution in [2.45, 2.75) is 37.6 Å². The van der Waals surface area contributed by atoms with Gasteiger partial charge < -0.3 is 9.84 Å². The van der Waals surface area contributed by atoms with Crippen LogP contribution < -0.4 is 5.32 Å². The van der Waals surface area contributed by atoms with Crippen molar-refractivity contribution in [1.82, 2.24) is 15.5 Å².